The first-order chi connectivity index (χ1) is 14.6. The van der Waals surface area contributed by atoms with Gasteiger partial charge in [-0.25, -0.2) is 0 Å². The molecule has 4 rings (SSSR count). The minimum absolute atomic E-state index is 0.0817. The Morgan fingerprint density at radius 3 is 2.50 bits per heavy atom. The van der Waals surface area contributed by atoms with Crippen LogP contribution in [0.25, 0.3) is 12.2 Å². The van der Waals surface area contributed by atoms with Gasteiger partial charge in [0.1, 0.15) is 0 Å². The summed E-state index contributed by atoms with van der Waals surface area (Å²) in [5.74, 6) is -1.04. The van der Waals surface area contributed by atoms with Gasteiger partial charge in [0.05, 0.1) is 17.5 Å². The van der Waals surface area contributed by atoms with Crippen molar-refractivity contribution in [3.8, 4) is 0 Å². The summed E-state index contributed by atoms with van der Waals surface area (Å²) in [5.41, 5.74) is 2.45. The number of amides is 3. The van der Waals surface area contributed by atoms with Crippen LogP contribution in [0.5, 0.6) is 0 Å². The average Bonchev–Trinajstić information content (AvgIpc) is 3.02. The lowest BCUT2D eigenvalue weighted by molar-refractivity contribution is -0.140. The molecule has 0 spiro atoms. The fraction of sp³-hybridized carbons (Fsp3) is 0.250. The predicted octanol–water partition coefficient (Wildman–Crippen LogP) is 3.53. The first-order valence-electron chi connectivity index (χ1n) is 10.1. The number of carbonyl (C=O) groups excluding carboxylic acids is 3. The van der Waals surface area contributed by atoms with Gasteiger partial charge in [-0.1, -0.05) is 36.4 Å². The maximum absolute atomic E-state index is 12.5. The second-order valence-electron chi connectivity index (χ2n) is 7.50. The molecule has 1 aromatic heterocycles. The van der Waals surface area contributed by atoms with Gasteiger partial charge in [-0.05, 0) is 48.7 Å². The van der Waals surface area contributed by atoms with Crippen molar-refractivity contribution in [1.29, 1.82) is 0 Å². The number of pyridine rings is 1. The predicted molar refractivity (Wildman–Crippen MR) is 115 cm³/mol. The highest BCUT2D eigenvalue weighted by molar-refractivity contribution is 6.05. The molecular formula is C24H23N3O3. The SMILES string of the molecule is O=C(CCN1C(=O)C2CC=CCC2C1=O)Nc1cccc(/C=C/c2ccccn2)c1. The summed E-state index contributed by atoms with van der Waals surface area (Å²) in [7, 11) is 0. The Labute approximate surface area is 175 Å². The summed E-state index contributed by atoms with van der Waals surface area (Å²) in [6, 6.07) is 13.2. The molecule has 0 radical (unpaired) electrons. The molecule has 0 bridgehead atoms. The van der Waals surface area contributed by atoms with E-state index in [1.54, 1.807) is 6.20 Å². The van der Waals surface area contributed by atoms with Crippen LogP contribution in [0.4, 0.5) is 5.69 Å². The number of rotatable bonds is 6. The van der Waals surface area contributed by atoms with Crippen LogP contribution < -0.4 is 5.32 Å². The lowest BCUT2D eigenvalue weighted by atomic mass is 9.85. The van der Waals surface area contributed by atoms with E-state index < -0.39 is 0 Å². The maximum Gasteiger partial charge on any atom is 0.233 e. The Morgan fingerprint density at radius 1 is 1.03 bits per heavy atom. The Morgan fingerprint density at radius 2 is 1.80 bits per heavy atom. The van der Waals surface area contributed by atoms with E-state index in [9.17, 15) is 14.4 Å². The van der Waals surface area contributed by atoms with Crippen LogP contribution in [0, 0.1) is 11.8 Å². The van der Waals surface area contributed by atoms with Crippen molar-refractivity contribution in [3.05, 3.63) is 72.1 Å². The van der Waals surface area contributed by atoms with Gasteiger partial charge in [0.25, 0.3) is 0 Å². The average molecular weight is 401 g/mol. The molecule has 3 amide bonds. The van der Waals surface area contributed by atoms with Crippen molar-refractivity contribution in [2.24, 2.45) is 11.8 Å². The van der Waals surface area contributed by atoms with Gasteiger partial charge in [0.2, 0.25) is 17.7 Å². The smallest absolute Gasteiger partial charge is 0.233 e. The molecule has 1 saturated heterocycles. The number of imide groups is 1. The zero-order valence-electron chi connectivity index (χ0n) is 16.5. The van der Waals surface area contributed by atoms with Gasteiger partial charge in [0, 0.05) is 24.8 Å². The first kappa shape index (κ1) is 19.8. The molecule has 1 N–H and O–H groups in total. The van der Waals surface area contributed by atoms with Crippen molar-refractivity contribution >= 4 is 35.6 Å². The zero-order chi connectivity index (χ0) is 20.9. The van der Waals surface area contributed by atoms with Crippen molar-refractivity contribution in [2.75, 3.05) is 11.9 Å². The van der Waals surface area contributed by atoms with Crippen LogP contribution in [-0.4, -0.2) is 34.2 Å². The molecule has 2 aromatic rings. The second kappa shape index (κ2) is 8.86. The number of hydrogen-bond donors (Lipinski definition) is 1. The summed E-state index contributed by atoms with van der Waals surface area (Å²) >= 11 is 0. The molecule has 152 valence electrons. The molecular weight excluding hydrogens is 378 g/mol. The monoisotopic (exact) mass is 401 g/mol. The fourth-order valence-electron chi connectivity index (χ4n) is 3.90. The Balaban J connectivity index is 1.33. The van der Waals surface area contributed by atoms with Crippen molar-refractivity contribution < 1.29 is 14.4 Å². The second-order valence-corrected chi connectivity index (χ2v) is 7.50. The van der Waals surface area contributed by atoms with Gasteiger partial charge >= 0.3 is 0 Å². The standard InChI is InChI=1S/C24H23N3O3/c28-22(13-15-27-23(29)20-9-1-2-10-21(20)24(27)30)26-19-8-5-6-17(16-19)11-12-18-7-3-4-14-25-18/h1-8,11-12,14,16,20-21H,9-10,13,15H2,(H,26,28)/b12-11+. The van der Waals surface area contributed by atoms with Crippen LogP contribution in [0.1, 0.15) is 30.5 Å². The van der Waals surface area contributed by atoms with Crippen LogP contribution in [-0.2, 0) is 14.4 Å². The number of aromatic nitrogens is 1. The van der Waals surface area contributed by atoms with E-state index in [0.29, 0.717) is 18.5 Å². The van der Waals surface area contributed by atoms with Crippen molar-refractivity contribution in [1.82, 2.24) is 9.88 Å². The number of benzene rings is 1. The number of fused-ring (bicyclic) bond motifs is 1. The highest BCUT2D eigenvalue weighted by Crippen LogP contribution is 2.35. The van der Waals surface area contributed by atoms with Crippen LogP contribution >= 0.6 is 0 Å². The van der Waals surface area contributed by atoms with Crippen molar-refractivity contribution in [3.63, 3.8) is 0 Å². The lowest BCUT2D eigenvalue weighted by Crippen LogP contribution is -2.34. The number of nitrogens with one attached hydrogen (secondary N) is 1. The van der Waals surface area contributed by atoms with E-state index in [1.165, 1.54) is 4.90 Å². The number of anilines is 1. The number of carbonyl (C=O) groups is 3. The lowest BCUT2D eigenvalue weighted by Gasteiger charge is -2.14. The van der Waals surface area contributed by atoms with E-state index in [2.05, 4.69) is 10.3 Å². The minimum atomic E-state index is -0.256. The summed E-state index contributed by atoms with van der Waals surface area (Å²) in [6.07, 6.45) is 10.8. The Bertz CT molecular complexity index is 987. The van der Waals surface area contributed by atoms with Crippen LogP contribution in [0.2, 0.25) is 0 Å². The molecule has 30 heavy (non-hydrogen) atoms. The molecule has 6 nitrogen and oxygen atoms in total. The third-order valence-electron chi connectivity index (χ3n) is 5.47. The highest BCUT2D eigenvalue weighted by Gasteiger charge is 2.46. The normalized spacial score (nSPS) is 20.6. The molecule has 0 saturated carbocycles. The number of hydrogen-bond acceptors (Lipinski definition) is 4. The third kappa shape index (κ3) is 4.38. The largest absolute Gasteiger partial charge is 0.326 e. The van der Waals surface area contributed by atoms with E-state index in [-0.39, 0.29) is 42.5 Å². The quantitative estimate of drug-likeness (QED) is 0.593. The topological polar surface area (TPSA) is 79.4 Å². The molecule has 1 aromatic carbocycles. The molecule has 2 heterocycles. The van der Waals surface area contributed by atoms with Gasteiger partial charge in [-0.2, -0.15) is 0 Å². The molecule has 2 atom stereocenters. The van der Waals surface area contributed by atoms with E-state index in [1.807, 2.05) is 66.8 Å². The maximum atomic E-state index is 12.5. The number of likely N-dealkylation sites (tertiary alicyclic amines) is 1. The van der Waals surface area contributed by atoms with Gasteiger partial charge in [-0.15, -0.1) is 0 Å². The van der Waals surface area contributed by atoms with Crippen LogP contribution in [0.15, 0.2) is 60.8 Å². The molecule has 1 aliphatic carbocycles. The Hall–Kier alpha value is -3.54. The molecule has 2 aliphatic rings. The molecule has 6 heteroatoms. The van der Waals surface area contributed by atoms with Gasteiger partial charge in [0.15, 0.2) is 0 Å². The molecule has 1 fully saturated rings. The number of allylic oxidation sites excluding steroid dienone is 2. The van der Waals surface area contributed by atoms with E-state index in [4.69, 9.17) is 0 Å². The molecule has 2 unspecified atom stereocenters. The number of nitrogens with zero attached hydrogens (tertiary/aromatic N) is 2. The summed E-state index contributed by atoms with van der Waals surface area (Å²) in [6.45, 7) is 0.121. The Kier molecular flexibility index (Phi) is 5.84. The fourth-order valence-corrected chi connectivity index (χ4v) is 3.90. The summed E-state index contributed by atoms with van der Waals surface area (Å²) in [4.78, 5) is 42.9. The minimum Gasteiger partial charge on any atom is -0.326 e. The van der Waals surface area contributed by atoms with Crippen LogP contribution in [0.3, 0.4) is 0 Å². The van der Waals surface area contributed by atoms with Gasteiger partial charge < -0.3 is 5.32 Å². The highest BCUT2D eigenvalue weighted by atomic mass is 16.2. The first-order valence-corrected chi connectivity index (χ1v) is 10.1. The van der Waals surface area contributed by atoms with E-state index in [0.717, 1.165) is 11.3 Å². The van der Waals surface area contributed by atoms with Gasteiger partial charge in [-0.3, -0.25) is 24.3 Å². The third-order valence-corrected chi connectivity index (χ3v) is 5.47. The summed E-state index contributed by atoms with van der Waals surface area (Å²) < 4.78 is 0. The zero-order valence-corrected chi connectivity index (χ0v) is 16.5. The molecule has 1 aliphatic heterocycles. The summed E-state index contributed by atoms with van der Waals surface area (Å²) in [5, 5.41) is 2.85. The van der Waals surface area contributed by atoms with Crippen molar-refractivity contribution in [2.45, 2.75) is 19.3 Å². The van der Waals surface area contributed by atoms with E-state index >= 15 is 0 Å².